The lowest BCUT2D eigenvalue weighted by atomic mass is 10.1. The lowest BCUT2D eigenvalue weighted by Gasteiger charge is -2.12. The van der Waals surface area contributed by atoms with E-state index in [2.05, 4.69) is 20.9 Å². The summed E-state index contributed by atoms with van der Waals surface area (Å²) in [6.45, 7) is 1.54. The number of hydrogen-bond donors (Lipinski definition) is 3. The van der Waals surface area contributed by atoms with Gasteiger partial charge < -0.3 is 20.4 Å². The van der Waals surface area contributed by atoms with E-state index in [1.807, 2.05) is 24.3 Å². The van der Waals surface area contributed by atoms with Crippen molar-refractivity contribution in [2.45, 2.75) is 19.5 Å². The van der Waals surface area contributed by atoms with E-state index in [9.17, 15) is 9.18 Å². The third-order valence-corrected chi connectivity index (χ3v) is 4.50. The van der Waals surface area contributed by atoms with Gasteiger partial charge >= 0.3 is 0 Å². The number of nitrogens with one attached hydrogen (secondary N) is 3. The van der Waals surface area contributed by atoms with Crippen LogP contribution in [0.2, 0.25) is 0 Å². The van der Waals surface area contributed by atoms with Crippen LogP contribution in [0.3, 0.4) is 0 Å². The SMILES string of the molecule is CN=C(NCCc1ccc(F)cc1)NCc1cccc(C(=O)NCc2ccco2)c1.I. The fraction of sp³-hybridized carbons (Fsp3) is 0.217. The number of hydrogen-bond acceptors (Lipinski definition) is 3. The number of carbonyl (C=O) groups excluding carboxylic acids is 1. The molecular formula is C23H26FIN4O2. The minimum absolute atomic E-state index is 0. The van der Waals surface area contributed by atoms with Gasteiger partial charge in [-0.1, -0.05) is 24.3 Å². The molecule has 1 aromatic heterocycles. The summed E-state index contributed by atoms with van der Waals surface area (Å²) in [6, 6.07) is 17.5. The molecule has 0 aliphatic carbocycles. The molecule has 0 aliphatic rings. The summed E-state index contributed by atoms with van der Waals surface area (Å²) in [4.78, 5) is 16.6. The molecule has 31 heavy (non-hydrogen) atoms. The Labute approximate surface area is 198 Å². The predicted octanol–water partition coefficient (Wildman–Crippen LogP) is 3.87. The number of rotatable bonds is 8. The van der Waals surface area contributed by atoms with Gasteiger partial charge in [0.25, 0.3) is 5.91 Å². The van der Waals surface area contributed by atoms with Gasteiger partial charge in [-0.15, -0.1) is 24.0 Å². The maximum Gasteiger partial charge on any atom is 0.251 e. The summed E-state index contributed by atoms with van der Waals surface area (Å²) in [5, 5.41) is 9.30. The van der Waals surface area contributed by atoms with Crippen LogP contribution in [0.15, 0.2) is 76.3 Å². The van der Waals surface area contributed by atoms with Crippen LogP contribution in [-0.2, 0) is 19.5 Å². The second-order valence-electron chi connectivity index (χ2n) is 6.69. The third kappa shape index (κ3) is 8.05. The zero-order valence-corrected chi connectivity index (χ0v) is 19.6. The normalized spacial score (nSPS) is 10.8. The third-order valence-electron chi connectivity index (χ3n) is 4.50. The Kier molecular flexibility index (Phi) is 10.0. The van der Waals surface area contributed by atoms with Crippen molar-refractivity contribution in [2.24, 2.45) is 4.99 Å². The van der Waals surface area contributed by atoms with E-state index in [-0.39, 0.29) is 35.7 Å². The number of furan rings is 1. The van der Waals surface area contributed by atoms with Gasteiger partial charge in [-0.2, -0.15) is 0 Å². The molecule has 0 unspecified atom stereocenters. The molecule has 0 atom stereocenters. The molecule has 164 valence electrons. The lowest BCUT2D eigenvalue weighted by Crippen LogP contribution is -2.37. The Bertz CT molecular complexity index is 976. The van der Waals surface area contributed by atoms with Gasteiger partial charge in [-0.05, 0) is 53.9 Å². The molecule has 3 aromatic rings. The molecule has 0 saturated heterocycles. The van der Waals surface area contributed by atoms with Crippen molar-refractivity contribution in [2.75, 3.05) is 13.6 Å². The number of halogens is 2. The molecular weight excluding hydrogens is 510 g/mol. The highest BCUT2D eigenvalue weighted by atomic mass is 127. The fourth-order valence-corrected chi connectivity index (χ4v) is 2.89. The molecule has 0 bridgehead atoms. The number of amides is 1. The van der Waals surface area contributed by atoms with Crippen molar-refractivity contribution in [3.05, 3.63) is 95.2 Å². The highest BCUT2D eigenvalue weighted by Gasteiger charge is 2.07. The molecule has 1 heterocycles. The average Bonchev–Trinajstić information content (AvgIpc) is 3.29. The summed E-state index contributed by atoms with van der Waals surface area (Å²) < 4.78 is 18.2. The summed E-state index contributed by atoms with van der Waals surface area (Å²) in [6.07, 6.45) is 2.33. The zero-order chi connectivity index (χ0) is 21.2. The van der Waals surface area contributed by atoms with Crippen LogP contribution >= 0.6 is 24.0 Å². The average molecular weight is 536 g/mol. The summed E-state index contributed by atoms with van der Waals surface area (Å²) in [5.74, 6) is 0.970. The van der Waals surface area contributed by atoms with E-state index in [0.29, 0.717) is 36.9 Å². The first-order chi connectivity index (χ1) is 14.6. The van der Waals surface area contributed by atoms with Crippen LogP contribution in [0.4, 0.5) is 4.39 Å². The molecule has 3 rings (SSSR count). The van der Waals surface area contributed by atoms with Crippen LogP contribution in [0.5, 0.6) is 0 Å². The molecule has 0 fully saturated rings. The number of benzene rings is 2. The van der Waals surface area contributed by atoms with Gasteiger partial charge in [0.05, 0.1) is 12.8 Å². The Morgan fingerprint density at radius 2 is 1.77 bits per heavy atom. The Morgan fingerprint density at radius 1 is 0.968 bits per heavy atom. The van der Waals surface area contributed by atoms with Crippen LogP contribution in [0.1, 0.15) is 27.2 Å². The fourth-order valence-electron chi connectivity index (χ4n) is 2.89. The van der Waals surface area contributed by atoms with Crippen LogP contribution in [0.25, 0.3) is 0 Å². The van der Waals surface area contributed by atoms with Gasteiger partial charge in [0, 0.05) is 25.7 Å². The summed E-state index contributed by atoms with van der Waals surface area (Å²) >= 11 is 0. The zero-order valence-electron chi connectivity index (χ0n) is 17.2. The van der Waals surface area contributed by atoms with Crippen LogP contribution < -0.4 is 16.0 Å². The molecule has 0 aliphatic heterocycles. The molecule has 0 radical (unpaired) electrons. The van der Waals surface area contributed by atoms with E-state index in [0.717, 1.165) is 17.5 Å². The smallest absolute Gasteiger partial charge is 0.251 e. The second-order valence-corrected chi connectivity index (χ2v) is 6.69. The molecule has 3 N–H and O–H groups in total. The van der Waals surface area contributed by atoms with E-state index in [1.54, 1.807) is 37.6 Å². The first kappa shape index (κ1) is 24.4. The number of guanidine groups is 1. The Balaban J connectivity index is 0.00000341. The minimum Gasteiger partial charge on any atom is -0.467 e. The quantitative estimate of drug-likeness (QED) is 0.232. The van der Waals surface area contributed by atoms with Gasteiger partial charge in [0.2, 0.25) is 0 Å². The van der Waals surface area contributed by atoms with Crippen molar-refractivity contribution in [3.8, 4) is 0 Å². The van der Waals surface area contributed by atoms with Crippen molar-refractivity contribution in [1.29, 1.82) is 0 Å². The maximum absolute atomic E-state index is 13.0. The van der Waals surface area contributed by atoms with E-state index in [4.69, 9.17) is 4.42 Å². The van der Waals surface area contributed by atoms with Crippen molar-refractivity contribution in [3.63, 3.8) is 0 Å². The number of aliphatic imine (C=N–C) groups is 1. The molecule has 8 heteroatoms. The van der Waals surface area contributed by atoms with Crippen molar-refractivity contribution in [1.82, 2.24) is 16.0 Å². The molecule has 2 aromatic carbocycles. The minimum atomic E-state index is -0.235. The van der Waals surface area contributed by atoms with Crippen molar-refractivity contribution >= 4 is 35.8 Å². The van der Waals surface area contributed by atoms with Gasteiger partial charge in [-0.25, -0.2) is 4.39 Å². The Hall–Kier alpha value is -2.88. The Morgan fingerprint density at radius 3 is 2.48 bits per heavy atom. The maximum atomic E-state index is 13.0. The first-order valence-electron chi connectivity index (χ1n) is 9.72. The molecule has 0 spiro atoms. The number of carbonyl (C=O) groups is 1. The van der Waals surface area contributed by atoms with E-state index in [1.165, 1.54) is 12.1 Å². The lowest BCUT2D eigenvalue weighted by molar-refractivity contribution is 0.0948. The molecule has 1 amide bonds. The largest absolute Gasteiger partial charge is 0.467 e. The molecule has 0 saturated carbocycles. The molecule has 6 nitrogen and oxygen atoms in total. The van der Waals surface area contributed by atoms with Gasteiger partial charge in [0.1, 0.15) is 11.6 Å². The van der Waals surface area contributed by atoms with Crippen LogP contribution in [0, 0.1) is 5.82 Å². The second kappa shape index (κ2) is 12.7. The highest BCUT2D eigenvalue weighted by molar-refractivity contribution is 14.0. The number of nitrogens with zero attached hydrogens (tertiary/aromatic N) is 1. The summed E-state index contributed by atoms with van der Waals surface area (Å²) in [5.41, 5.74) is 2.59. The standard InChI is InChI=1S/C23H25FN4O2.HI/c1-25-23(26-12-11-17-7-9-20(24)10-8-17)28-15-18-4-2-5-19(14-18)22(29)27-16-21-6-3-13-30-21;/h2-10,13-14H,11-12,15-16H2,1H3,(H,27,29)(H2,25,26,28);1H. The van der Waals surface area contributed by atoms with E-state index < -0.39 is 0 Å². The topological polar surface area (TPSA) is 78.7 Å². The van der Waals surface area contributed by atoms with Gasteiger partial charge in [0.15, 0.2) is 5.96 Å². The van der Waals surface area contributed by atoms with Crippen LogP contribution in [-0.4, -0.2) is 25.5 Å². The highest BCUT2D eigenvalue weighted by Crippen LogP contribution is 2.07. The van der Waals surface area contributed by atoms with Gasteiger partial charge in [-0.3, -0.25) is 9.79 Å². The first-order valence-corrected chi connectivity index (χ1v) is 9.72. The van der Waals surface area contributed by atoms with E-state index >= 15 is 0 Å². The predicted molar refractivity (Wildman–Crippen MR) is 130 cm³/mol. The van der Waals surface area contributed by atoms with Crippen molar-refractivity contribution < 1.29 is 13.6 Å². The summed E-state index contributed by atoms with van der Waals surface area (Å²) in [7, 11) is 1.70. The monoisotopic (exact) mass is 536 g/mol.